The van der Waals surface area contributed by atoms with Gasteiger partial charge in [-0.15, -0.1) is 11.3 Å². The van der Waals surface area contributed by atoms with Crippen molar-refractivity contribution in [3.8, 4) is 11.5 Å². The maximum Gasteiger partial charge on any atom is 0.161 e. The van der Waals surface area contributed by atoms with Crippen LogP contribution >= 0.6 is 11.3 Å². The van der Waals surface area contributed by atoms with Crippen LogP contribution in [0.1, 0.15) is 17.2 Å². The van der Waals surface area contributed by atoms with Gasteiger partial charge in [-0.2, -0.15) is 0 Å². The number of thiophene rings is 1. The van der Waals surface area contributed by atoms with Crippen molar-refractivity contribution in [2.45, 2.75) is 6.04 Å². The van der Waals surface area contributed by atoms with Crippen LogP contribution in [0.3, 0.4) is 0 Å². The van der Waals surface area contributed by atoms with Crippen LogP contribution in [0.5, 0.6) is 11.5 Å². The monoisotopic (exact) mass is 297 g/mol. The van der Waals surface area contributed by atoms with Gasteiger partial charge < -0.3 is 15.2 Å². The Morgan fingerprint density at radius 2 is 1.81 bits per heavy atom. The van der Waals surface area contributed by atoms with Gasteiger partial charge in [0.25, 0.3) is 0 Å². The molecule has 3 nitrogen and oxygen atoms in total. The minimum atomic E-state index is -0.156. The molecule has 0 radical (unpaired) electrons. The summed E-state index contributed by atoms with van der Waals surface area (Å²) in [7, 11) is 0. The van der Waals surface area contributed by atoms with Crippen molar-refractivity contribution in [1.82, 2.24) is 0 Å². The van der Waals surface area contributed by atoms with E-state index in [1.165, 1.54) is 10.1 Å². The van der Waals surface area contributed by atoms with Crippen LogP contribution in [0.25, 0.3) is 10.1 Å². The standard InChI is InChI=1S/C17H15NO2S/c18-17(13-10-21-16-4-2-1-3-12(13)16)11-5-6-14-15(9-11)20-8-7-19-14/h1-6,9-10,17H,7-8,18H2. The molecule has 1 atom stereocenters. The lowest BCUT2D eigenvalue weighted by molar-refractivity contribution is 0.171. The number of nitrogens with two attached hydrogens (primary N) is 1. The Morgan fingerprint density at radius 3 is 2.71 bits per heavy atom. The molecule has 0 fully saturated rings. The average Bonchev–Trinajstić information content (AvgIpc) is 2.98. The molecule has 1 aliphatic rings. The molecule has 0 saturated heterocycles. The summed E-state index contributed by atoms with van der Waals surface area (Å²) in [5.41, 5.74) is 8.67. The molecule has 2 aromatic carbocycles. The molecule has 0 bridgehead atoms. The maximum absolute atomic E-state index is 6.47. The summed E-state index contributed by atoms with van der Waals surface area (Å²) in [6.45, 7) is 1.20. The van der Waals surface area contributed by atoms with E-state index in [9.17, 15) is 0 Å². The maximum atomic E-state index is 6.47. The van der Waals surface area contributed by atoms with Crippen molar-refractivity contribution in [2.75, 3.05) is 13.2 Å². The molecule has 106 valence electrons. The van der Waals surface area contributed by atoms with E-state index < -0.39 is 0 Å². The van der Waals surface area contributed by atoms with Crippen molar-refractivity contribution in [3.05, 3.63) is 59.0 Å². The zero-order valence-electron chi connectivity index (χ0n) is 11.4. The van der Waals surface area contributed by atoms with Crippen molar-refractivity contribution in [1.29, 1.82) is 0 Å². The second-order valence-electron chi connectivity index (χ2n) is 5.07. The van der Waals surface area contributed by atoms with E-state index in [-0.39, 0.29) is 6.04 Å². The van der Waals surface area contributed by atoms with E-state index in [1.807, 2.05) is 18.2 Å². The van der Waals surface area contributed by atoms with E-state index >= 15 is 0 Å². The highest BCUT2D eigenvalue weighted by Crippen LogP contribution is 2.36. The molecule has 2 N–H and O–H groups in total. The smallest absolute Gasteiger partial charge is 0.161 e. The highest BCUT2D eigenvalue weighted by atomic mass is 32.1. The van der Waals surface area contributed by atoms with Crippen molar-refractivity contribution in [3.63, 3.8) is 0 Å². The third kappa shape index (κ3) is 2.17. The largest absolute Gasteiger partial charge is 0.486 e. The summed E-state index contributed by atoms with van der Waals surface area (Å²) < 4.78 is 12.5. The van der Waals surface area contributed by atoms with Crippen LogP contribution in [0.2, 0.25) is 0 Å². The van der Waals surface area contributed by atoms with Crippen molar-refractivity contribution < 1.29 is 9.47 Å². The van der Waals surface area contributed by atoms with Crippen LogP contribution in [0, 0.1) is 0 Å². The first kappa shape index (κ1) is 12.7. The number of hydrogen-bond donors (Lipinski definition) is 1. The first-order valence-electron chi connectivity index (χ1n) is 6.94. The fourth-order valence-corrected chi connectivity index (χ4v) is 3.67. The molecule has 4 rings (SSSR count). The topological polar surface area (TPSA) is 44.5 Å². The van der Waals surface area contributed by atoms with Gasteiger partial charge in [-0.05, 0) is 40.1 Å². The first-order chi connectivity index (χ1) is 10.3. The van der Waals surface area contributed by atoms with Crippen LogP contribution in [0.4, 0.5) is 0 Å². The lowest BCUT2D eigenvalue weighted by atomic mass is 9.98. The van der Waals surface area contributed by atoms with E-state index in [2.05, 4.69) is 29.6 Å². The van der Waals surface area contributed by atoms with Gasteiger partial charge in [-0.3, -0.25) is 0 Å². The summed E-state index contributed by atoms with van der Waals surface area (Å²) in [4.78, 5) is 0. The molecule has 0 aliphatic carbocycles. The molecule has 4 heteroatoms. The Kier molecular flexibility index (Phi) is 3.05. The summed E-state index contributed by atoms with van der Waals surface area (Å²) in [6, 6.07) is 14.2. The molecular formula is C17H15NO2S. The Hall–Kier alpha value is -2.04. The molecule has 0 amide bonds. The molecule has 2 heterocycles. The molecule has 1 aromatic heterocycles. The molecule has 1 unspecified atom stereocenters. The third-order valence-electron chi connectivity index (χ3n) is 3.77. The zero-order chi connectivity index (χ0) is 14.2. The Labute approximate surface area is 126 Å². The fourth-order valence-electron chi connectivity index (χ4n) is 2.67. The summed E-state index contributed by atoms with van der Waals surface area (Å²) in [5.74, 6) is 1.58. The van der Waals surface area contributed by atoms with Crippen LogP contribution < -0.4 is 15.2 Å². The highest BCUT2D eigenvalue weighted by Gasteiger charge is 2.18. The SMILES string of the molecule is NC(c1ccc2c(c1)OCCO2)c1csc2ccccc12. The van der Waals surface area contributed by atoms with E-state index in [1.54, 1.807) is 11.3 Å². The fraction of sp³-hybridized carbons (Fsp3) is 0.176. The van der Waals surface area contributed by atoms with Gasteiger partial charge in [0.2, 0.25) is 0 Å². The van der Waals surface area contributed by atoms with E-state index in [0.717, 1.165) is 22.6 Å². The molecule has 0 saturated carbocycles. The number of benzene rings is 2. The number of rotatable bonds is 2. The van der Waals surface area contributed by atoms with Gasteiger partial charge in [0.1, 0.15) is 13.2 Å². The quantitative estimate of drug-likeness (QED) is 0.784. The minimum Gasteiger partial charge on any atom is -0.486 e. The van der Waals surface area contributed by atoms with Crippen molar-refractivity contribution >= 4 is 21.4 Å². The lowest BCUT2D eigenvalue weighted by Gasteiger charge is -2.20. The molecule has 3 aromatic rings. The predicted molar refractivity (Wildman–Crippen MR) is 85.3 cm³/mol. The molecular weight excluding hydrogens is 282 g/mol. The normalized spacial score (nSPS) is 15.1. The minimum absolute atomic E-state index is 0.156. The molecule has 1 aliphatic heterocycles. The molecule has 0 spiro atoms. The van der Waals surface area contributed by atoms with Crippen LogP contribution in [-0.4, -0.2) is 13.2 Å². The lowest BCUT2D eigenvalue weighted by Crippen LogP contribution is -2.17. The third-order valence-corrected chi connectivity index (χ3v) is 4.75. The van der Waals surface area contributed by atoms with Gasteiger partial charge >= 0.3 is 0 Å². The summed E-state index contributed by atoms with van der Waals surface area (Å²) in [5, 5.41) is 3.37. The molecule has 21 heavy (non-hydrogen) atoms. The number of hydrogen-bond acceptors (Lipinski definition) is 4. The average molecular weight is 297 g/mol. The van der Waals surface area contributed by atoms with E-state index in [0.29, 0.717) is 13.2 Å². The Balaban J connectivity index is 1.75. The van der Waals surface area contributed by atoms with Gasteiger partial charge in [0.05, 0.1) is 6.04 Å². The second-order valence-corrected chi connectivity index (χ2v) is 5.98. The van der Waals surface area contributed by atoms with Crippen LogP contribution in [0.15, 0.2) is 47.8 Å². The number of fused-ring (bicyclic) bond motifs is 2. The second kappa shape index (κ2) is 5.06. The summed E-state index contributed by atoms with van der Waals surface area (Å²) >= 11 is 1.73. The zero-order valence-corrected chi connectivity index (χ0v) is 12.2. The first-order valence-corrected chi connectivity index (χ1v) is 7.82. The predicted octanol–water partition coefficient (Wildman–Crippen LogP) is 3.72. The van der Waals surface area contributed by atoms with Crippen LogP contribution in [-0.2, 0) is 0 Å². The Bertz CT molecular complexity index is 796. The van der Waals surface area contributed by atoms with Crippen molar-refractivity contribution in [2.24, 2.45) is 5.73 Å². The van der Waals surface area contributed by atoms with Gasteiger partial charge in [0.15, 0.2) is 11.5 Å². The number of ether oxygens (including phenoxy) is 2. The van der Waals surface area contributed by atoms with Gasteiger partial charge in [-0.1, -0.05) is 24.3 Å². The highest BCUT2D eigenvalue weighted by molar-refractivity contribution is 7.17. The Morgan fingerprint density at radius 1 is 1.00 bits per heavy atom. The van der Waals surface area contributed by atoms with Gasteiger partial charge in [-0.25, -0.2) is 0 Å². The summed E-state index contributed by atoms with van der Waals surface area (Å²) in [6.07, 6.45) is 0. The van der Waals surface area contributed by atoms with Gasteiger partial charge in [0, 0.05) is 4.70 Å². The van der Waals surface area contributed by atoms with E-state index in [4.69, 9.17) is 15.2 Å².